The van der Waals surface area contributed by atoms with Gasteiger partial charge in [-0.1, -0.05) is 29.8 Å². The van der Waals surface area contributed by atoms with Crippen molar-refractivity contribution in [1.29, 1.82) is 0 Å². The fraction of sp³-hybridized carbons (Fsp3) is 0.357. The van der Waals surface area contributed by atoms with E-state index in [4.69, 9.17) is 5.73 Å². The van der Waals surface area contributed by atoms with Gasteiger partial charge in [0, 0.05) is 12.6 Å². The van der Waals surface area contributed by atoms with Crippen LogP contribution in [-0.4, -0.2) is 18.2 Å². The highest BCUT2D eigenvalue weighted by atomic mass is 32.2. The van der Waals surface area contributed by atoms with Gasteiger partial charge in [0.05, 0.1) is 6.20 Å². The van der Waals surface area contributed by atoms with Crippen LogP contribution in [0.3, 0.4) is 0 Å². The molecule has 0 amide bonds. The maximum atomic E-state index is 12.3. The summed E-state index contributed by atoms with van der Waals surface area (Å²) in [4.78, 5) is 0.0170. The summed E-state index contributed by atoms with van der Waals surface area (Å²) in [6.45, 7) is 5.98. The molecule has 114 valence electrons. The smallest absolute Gasteiger partial charge is 0.246 e. The predicted molar refractivity (Wildman–Crippen MR) is 82.2 cm³/mol. The number of anilines is 1. The van der Waals surface area contributed by atoms with E-state index in [1.165, 1.54) is 10.9 Å². The number of rotatable bonds is 5. The van der Waals surface area contributed by atoms with Crippen LogP contribution in [0.25, 0.3) is 0 Å². The third-order valence-corrected chi connectivity index (χ3v) is 4.58. The van der Waals surface area contributed by atoms with E-state index in [1.807, 2.05) is 45.0 Å². The molecule has 0 radical (unpaired) electrons. The Morgan fingerprint density at radius 3 is 2.43 bits per heavy atom. The van der Waals surface area contributed by atoms with Gasteiger partial charge < -0.3 is 5.73 Å². The SMILES string of the molecule is Cc1ccc(CNS(=O)(=O)c2cnn(C(C)C)c2N)cc1. The van der Waals surface area contributed by atoms with Crippen LogP contribution in [0.4, 0.5) is 5.82 Å². The van der Waals surface area contributed by atoms with Gasteiger partial charge >= 0.3 is 0 Å². The van der Waals surface area contributed by atoms with Gasteiger partial charge in [-0.3, -0.25) is 0 Å². The van der Waals surface area contributed by atoms with Crippen LogP contribution >= 0.6 is 0 Å². The lowest BCUT2D eigenvalue weighted by Crippen LogP contribution is -2.24. The fourth-order valence-corrected chi connectivity index (χ4v) is 3.00. The summed E-state index contributed by atoms with van der Waals surface area (Å²) < 4.78 is 28.6. The molecule has 7 heteroatoms. The zero-order valence-corrected chi connectivity index (χ0v) is 13.2. The lowest BCUT2D eigenvalue weighted by atomic mass is 10.2. The van der Waals surface area contributed by atoms with Crippen LogP contribution in [0.1, 0.15) is 31.0 Å². The molecule has 2 rings (SSSR count). The summed E-state index contributed by atoms with van der Waals surface area (Å²) in [6.07, 6.45) is 1.28. The van der Waals surface area contributed by atoms with Crippen LogP contribution in [0.15, 0.2) is 35.4 Å². The molecule has 0 aliphatic carbocycles. The molecule has 0 saturated heterocycles. The van der Waals surface area contributed by atoms with Gasteiger partial charge in [0.15, 0.2) is 0 Å². The van der Waals surface area contributed by atoms with Gasteiger partial charge in [0.25, 0.3) is 0 Å². The standard InChI is InChI=1S/C14H20N4O2S/c1-10(2)18-14(15)13(9-16-18)21(19,20)17-8-12-6-4-11(3)5-7-12/h4-7,9-10,17H,8,15H2,1-3H3. The molecule has 0 atom stereocenters. The second-order valence-corrected chi connectivity index (χ2v) is 6.98. The minimum absolute atomic E-state index is 0.00560. The quantitative estimate of drug-likeness (QED) is 0.881. The summed E-state index contributed by atoms with van der Waals surface area (Å²) in [5, 5.41) is 4.02. The summed E-state index contributed by atoms with van der Waals surface area (Å²) in [6, 6.07) is 7.66. The van der Waals surface area contributed by atoms with Gasteiger partial charge in [-0.05, 0) is 26.3 Å². The molecule has 1 aromatic carbocycles. The first kappa shape index (κ1) is 15.5. The Kier molecular flexibility index (Phi) is 4.34. The van der Waals surface area contributed by atoms with E-state index in [0.717, 1.165) is 11.1 Å². The number of aryl methyl sites for hydroxylation is 1. The van der Waals surface area contributed by atoms with Crippen molar-refractivity contribution in [2.45, 2.75) is 38.3 Å². The lowest BCUT2D eigenvalue weighted by molar-refractivity contribution is 0.539. The molecule has 1 aromatic heterocycles. The van der Waals surface area contributed by atoms with Crippen molar-refractivity contribution in [1.82, 2.24) is 14.5 Å². The molecule has 3 N–H and O–H groups in total. The van der Waals surface area contributed by atoms with Crippen LogP contribution < -0.4 is 10.5 Å². The van der Waals surface area contributed by atoms with Crippen molar-refractivity contribution in [3.63, 3.8) is 0 Å². The first-order valence-corrected chi connectivity index (χ1v) is 8.18. The Balaban J connectivity index is 2.17. The average Bonchev–Trinajstić information content (AvgIpc) is 2.81. The van der Waals surface area contributed by atoms with Gasteiger partial charge in [-0.15, -0.1) is 0 Å². The molecule has 0 bridgehead atoms. The highest BCUT2D eigenvalue weighted by molar-refractivity contribution is 7.89. The van der Waals surface area contributed by atoms with E-state index in [2.05, 4.69) is 9.82 Å². The number of hydrogen-bond donors (Lipinski definition) is 2. The third-order valence-electron chi connectivity index (χ3n) is 3.16. The third kappa shape index (κ3) is 3.43. The summed E-state index contributed by atoms with van der Waals surface area (Å²) in [5.74, 6) is 0.154. The number of nitrogens with one attached hydrogen (secondary N) is 1. The van der Waals surface area contributed by atoms with E-state index in [9.17, 15) is 8.42 Å². The second-order valence-electron chi connectivity index (χ2n) is 5.24. The minimum Gasteiger partial charge on any atom is -0.383 e. The van der Waals surface area contributed by atoms with Crippen LogP contribution in [0, 0.1) is 6.92 Å². The number of sulfonamides is 1. The van der Waals surface area contributed by atoms with Crippen molar-refractivity contribution in [3.8, 4) is 0 Å². The zero-order chi connectivity index (χ0) is 15.6. The molecule has 1 heterocycles. The Hall–Kier alpha value is -1.86. The molecule has 2 aromatic rings. The van der Waals surface area contributed by atoms with Gasteiger partial charge in [-0.2, -0.15) is 5.10 Å². The predicted octanol–water partition coefficient (Wildman–Crippen LogP) is 1.83. The van der Waals surface area contributed by atoms with E-state index in [-0.39, 0.29) is 23.3 Å². The van der Waals surface area contributed by atoms with E-state index >= 15 is 0 Å². The fourth-order valence-electron chi connectivity index (χ4n) is 1.94. The van der Waals surface area contributed by atoms with Crippen molar-refractivity contribution in [3.05, 3.63) is 41.6 Å². The first-order chi connectivity index (χ1) is 9.81. The highest BCUT2D eigenvalue weighted by Crippen LogP contribution is 2.20. The highest BCUT2D eigenvalue weighted by Gasteiger charge is 2.22. The van der Waals surface area contributed by atoms with E-state index in [0.29, 0.717) is 0 Å². The average molecular weight is 308 g/mol. The van der Waals surface area contributed by atoms with E-state index < -0.39 is 10.0 Å². The normalized spacial score (nSPS) is 12.0. The summed E-state index contributed by atoms with van der Waals surface area (Å²) in [5.41, 5.74) is 7.88. The second kappa shape index (κ2) is 5.87. The molecule has 0 aliphatic heterocycles. The van der Waals surface area contributed by atoms with Crippen LogP contribution in [0.5, 0.6) is 0 Å². The number of hydrogen-bond acceptors (Lipinski definition) is 4. The van der Waals surface area contributed by atoms with Crippen molar-refractivity contribution in [2.24, 2.45) is 0 Å². The Morgan fingerprint density at radius 2 is 1.90 bits per heavy atom. The van der Waals surface area contributed by atoms with Crippen molar-refractivity contribution >= 4 is 15.8 Å². The molecule has 0 saturated carbocycles. The zero-order valence-electron chi connectivity index (χ0n) is 12.4. The molecule has 0 spiro atoms. The Bertz CT molecular complexity index is 718. The lowest BCUT2D eigenvalue weighted by Gasteiger charge is -2.09. The molecule has 0 fully saturated rings. The van der Waals surface area contributed by atoms with Gasteiger partial charge in [0.1, 0.15) is 10.7 Å². The molecule has 0 unspecified atom stereocenters. The van der Waals surface area contributed by atoms with Gasteiger partial charge in [0.2, 0.25) is 10.0 Å². The number of nitrogens with zero attached hydrogens (tertiary/aromatic N) is 2. The summed E-state index contributed by atoms with van der Waals surface area (Å²) >= 11 is 0. The maximum Gasteiger partial charge on any atom is 0.246 e. The largest absolute Gasteiger partial charge is 0.383 e. The number of nitrogens with two attached hydrogens (primary N) is 1. The van der Waals surface area contributed by atoms with Crippen LogP contribution in [0.2, 0.25) is 0 Å². The molecule has 0 aliphatic rings. The molecular formula is C14H20N4O2S. The number of nitrogen functional groups attached to an aromatic ring is 1. The number of benzene rings is 1. The monoisotopic (exact) mass is 308 g/mol. The van der Waals surface area contributed by atoms with Crippen molar-refractivity contribution in [2.75, 3.05) is 5.73 Å². The Labute approximate surface area is 125 Å². The summed E-state index contributed by atoms with van der Waals surface area (Å²) in [7, 11) is -3.67. The van der Waals surface area contributed by atoms with E-state index in [1.54, 1.807) is 0 Å². The molecule has 21 heavy (non-hydrogen) atoms. The number of aromatic nitrogens is 2. The maximum absolute atomic E-state index is 12.3. The molecular weight excluding hydrogens is 288 g/mol. The molecule has 6 nitrogen and oxygen atoms in total. The minimum atomic E-state index is -3.67. The van der Waals surface area contributed by atoms with Crippen LogP contribution in [-0.2, 0) is 16.6 Å². The topological polar surface area (TPSA) is 90.0 Å². The Morgan fingerprint density at radius 1 is 1.29 bits per heavy atom. The van der Waals surface area contributed by atoms with Crippen molar-refractivity contribution < 1.29 is 8.42 Å². The first-order valence-electron chi connectivity index (χ1n) is 6.69. The van der Waals surface area contributed by atoms with Gasteiger partial charge in [-0.25, -0.2) is 17.8 Å².